The van der Waals surface area contributed by atoms with Crippen LogP contribution in [0.15, 0.2) is 6.20 Å². The van der Waals surface area contributed by atoms with Crippen molar-refractivity contribution in [1.82, 2.24) is 9.88 Å². The van der Waals surface area contributed by atoms with Crippen molar-refractivity contribution in [2.45, 2.75) is 24.5 Å². The second kappa shape index (κ2) is 8.43. The topological polar surface area (TPSA) is 187 Å². The average molecular weight is 500 g/mol. The van der Waals surface area contributed by atoms with Gasteiger partial charge in [0, 0.05) is 38.7 Å². The van der Waals surface area contributed by atoms with Gasteiger partial charge in [-0.15, -0.1) is 0 Å². The van der Waals surface area contributed by atoms with E-state index in [0.717, 1.165) is 6.20 Å². The molecule has 1 saturated heterocycles. The number of carbonyl (C=O) groups is 4. The Kier molecular flexibility index (Phi) is 5.73. The van der Waals surface area contributed by atoms with E-state index in [2.05, 4.69) is 4.98 Å². The molecule has 0 bridgehead atoms. The number of ether oxygens (including phenoxy) is 1. The van der Waals surface area contributed by atoms with Crippen LogP contribution in [0.5, 0.6) is 5.75 Å². The summed E-state index contributed by atoms with van der Waals surface area (Å²) in [7, 11) is 3.50. The first-order chi connectivity index (χ1) is 17.0. The van der Waals surface area contributed by atoms with Gasteiger partial charge in [-0.2, -0.15) is 0 Å². The van der Waals surface area contributed by atoms with Crippen LogP contribution in [0.2, 0.25) is 0 Å². The van der Waals surface area contributed by atoms with Gasteiger partial charge in [-0.3, -0.25) is 24.1 Å². The standard InChI is InChI=1S/C24H29N5O7/c1-28(2)23-11-7-10-8-12-17(29-3-5-36-6-4-29)19(32)16(22(26)34)20(25)24(12,35)21(33)14(10)18(31)15(11)13(30)9-27-23/h9-10,12,14,16-17,25,30,35H,3-8H2,1-2H3,(H2,26,34). The van der Waals surface area contributed by atoms with Crippen LogP contribution < -0.4 is 10.6 Å². The number of ketones is 3. The highest BCUT2D eigenvalue weighted by Crippen LogP contribution is 2.51. The minimum atomic E-state index is -2.52. The van der Waals surface area contributed by atoms with Crippen LogP contribution in [-0.2, 0) is 25.5 Å². The molecule has 0 spiro atoms. The number of carbonyl (C=O) groups excluding carboxylic acids is 4. The zero-order chi connectivity index (χ0) is 26.1. The first kappa shape index (κ1) is 24.5. The zero-order valence-electron chi connectivity index (χ0n) is 20.1. The van der Waals surface area contributed by atoms with Crippen molar-refractivity contribution in [1.29, 1.82) is 5.41 Å². The Balaban J connectivity index is 1.64. The smallest absolute Gasteiger partial charge is 0.233 e. The first-order valence-electron chi connectivity index (χ1n) is 11.9. The SMILES string of the molecule is CN(C)c1ncc(O)c2c1CC1CC3C(N4CCOCC4)C(=O)C(C(N)=O)C(=N)C3(O)C(=O)C1C2=O. The number of nitrogens with one attached hydrogen (secondary N) is 1. The van der Waals surface area contributed by atoms with Gasteiger partial charge in [0.2, 0.25) is 5.91 Å². The van der Waals surface area contributed by atoms with E-state index in [1.165, 1.54) is 0 Å². The van der Waals surface area contributed by atoms with Crippen LogP contribution in [0, 0.1) is 29.1 Å². The lowest BCUT2D eigenvalue weighted by molar-refractivity contribution is -0.160. The summed E-state index contributed by atoms with van der Waals surface area (Å²) < 4.78 is 5.39. The Labute approximate surface area is 206 Å². The molecule has 6 unspecified atom stereocenters. The molecule has 12 heteroatoms. The number of aromatic nitrogens is 1. The van der Waals surface area contributed by atoms with Crippen molar-refractivity contribution in [2.75, 3.05) is 45.3 Å². The maximum absolute atomic E-state index is 14.0. The molecule has 2 heterocycles. The highest BCUT2D eigenvalue weighted by molar-refractivity contribution is 6.33. The molecule has 0 radical (unpaired) electrons. The molecule has 5 N–H and O–H groups in total. The minimum Gasteiger partial charge on any atom is -0.506 e. The summed E-state index contributed by atoms with van der Waals surface area (Å²) in [5, 5.41) is 30.9. The van der Waals surface area contributed by atoms with E-state index in [1.807, 2.05) is 0 Å². The molecule has 1 amide bonds. The van der Waals surface area contributed by atoms with Gasteiger partial charge in [0.05, 0.1) is 42.6 Å². The molecule has 12 nitrogen and oxygen atoms in total. The molecular formula is C24H29N5O7. The largest absolute Gasteiger partial charge is 0.506 e. The van der Waals surface area contributed by atoms with Crippen LogP contribution in [0.1, 0.15) is 22.3 Å². The highest BCUT2D eigenvalue weighted by Gasteiger charge is 2.68. The molecule has 3 aliphatic carbocycles. The van der Waals surface area contributed by atoms with E-state index in [1.54, 1.807) is 23.9 Å². The number of nitrogens with two attached hydrogens (primary N) is 1. The maximum Gasteiger partial charge on any atom is 0.233 e. The van der Waals surface area contributed by atoms with Crippen LogP contribution in [0.3, 0.4) is 0 Å². The van der Waals surface area contributed by atoms with Crippen LogP contribution in [0.4, 0.5) is 5.82 Å². The van der Waals surface area contributed by atoms with Crippen molar-refractivity contribution < 1.29 is 34.1 Å². The lowest BCUT2D eigenvalue weighted by atomic mass is 9.52. The Morgan fingerprint density at radius 2 is 1.94 bits per heavy atom. The lowest BCUT2D eigenvalue weighted by Gasteiger charge is -2.54. The van der Waals surface area contributed by atoms with Crippen LogP contribution >= 0.6 is 0 Å². The summed E-state index contributed by atoms with van der Waals surface area (Å²) >= 11 is 0. The van der Waals surface area contributed by atoms with E-state index >= 15 is 0 Å². The number of pyridine rings is 1. The molecule has 1 aliphatic heterocycles. The van der Waals surface area contributed by atoms with Gasteiger partial charge in [-0.1, -0.05) is 0 Å². The van der Waals surface area contributed by atoms with E-state index < -0.39 is 64.3 Å². The second-order valence-corrected chi connectivity index (χ2v) is 10.2. The van der Waals surface area contributed by atoms with Gasteiger partial charge in [-0.25, -0.2) is 4.98 Å². The fraction of sp³-hybridized carbons (Fsp3) is 0.583. The number of aromatic hydroxyl groups is 1. The van der Waals surface area contributed by atoms with Crippen molar-refractivity contribution >= 4 is 34.8 Å². The van der Waals surface area contributed by atoms with Crippen molar-refractivity contribution in [3.63, 3.8) is 0 Å². The summed E-state index contributed by atoms with van der Waals surface area (Å²) in [6, 6.07) is -1.04. The molecule has 0 aromatic carbocycles. The Bertz CT molecular complexity index is 1190. The average Bonchev–Trinajstić information content (AvgIpc) is 2.82. The molecule has 4 aliphatic rings. The minimum absolute atomic E-state index is 0.0278. The van der Waals surface area contributed by atoms with Gasteiger partial charge in [-0.05, 0) is 18.8 Å². The van der Waals surface area contributed by atoms with Crippen molar-refractivity contribution in [3.8, 4) is 5.75 Å². The number of rotatable bonds is 3. The van der Waals surface area contributed by atoms with E-state index in [-0.39, 0.29) is 24.2 Å². The summed E-state index contributed by atoms with van der Waals surface area (Å²) in [6.07, 6.45) is 1.45. The molecule has 2 saturated carbocycles. The Hall–Kier alpha value is -3.22. The summed E-state index contributed by atoms with van der Waals surface area (Å²) in [5.74, 6) is -7.95. The number of nitrogens with zero attached hydrogens (tertiary/aromatic N) is 3. The Morgan fingerprint density at radius 3 is 2.56 bits per heavy atom. The molecule has 1 aromatic heterocycles. The molecular weight excluding hydrogens is 470 g/mol. The number of hydrogen-bond donors (Lipinski definition) is 4. The van der Waals surface area contributed by atoms with Crippen molar-refractivity contribution in [3.05, 3.63) is 17.3 Å². The summed E-state index contributed by atoms with van der Waals surface area (Å²) in [6.45, 7) is 1.34. The number of primary amides is 1. The normalized spacial score (nSPS) is 34.6. The second-order valence-electron chi connectivity index (χ2n) is 10.2. The number of anilines is 1. The molecule has 3 fully saturated rings. The first-order valence-corrected chi connectivity index (χ1v) is 11.9. The number of hydrogen-bond acceptors (Lipinski definition) is 11. The predicted molar refractivity (Wildman–Crippen MR) is 125 cm³/mol. The molecule has 192 valence electrons. The van der Waals surface area contributed by atoms with Gasteiger partial charge < -0.3 is 31.0 Å². The van der Waals surface area contributed by atoms with E-state index in [0.29, 0.717) is 37.7 Å². The number of morpholine rings is 1. The summed E-state index contributed by atoms with van der Waals surface area (Å²) in [5.41, 5.74) is 2.66. The van der Waals surface area contributed by atoms with Gasteiger partial charge in [0.25, 0.3) is 0 Å². The molecule has 36 heavy (non-hydrogen) atoms. The number of Topliss-reactive ketones (excluding diaryl/α,β-unsaturated/α-hetero) is 3. The number of fused-ring (bicyclic) bond motifs is 3. The van der Waals surface area contributed by atoms with Gasteiger partial charge >= 0.3 is 0 Å². The zero-order valence-corrected chi connectivity index (χ0v) is 20.1. The third kappa shape index (κ3) is 3.24. The van der Waals surface area contributed by atoms with E-state index in [4.69, 9.17) is 15.9 Å². The molecule has 5 rings (SSSR count). The van der Waals surface area contributed by atoms with Crippen LogP contribution in [-0.4, -0.2) is 101 Å². The molecule has 1 aromatic rings. The highest BCUT2D eigenvalue weighted by atomic mass is 16.5. The summed E-state index contributed by atoms with van der Waals surface area (Å²) in [4.78, 5) is 61.1. The predicted octanol–water partition coefficient (Wildman–Crippen LogP) is -1.45. The van der Waals surface area contributed by atoms with Gasteiger partial charge in [0.15, 0.2) is 23.0 Å². The monoisotopic (exact) mass is 499 g/mol. The van der Waals surface area contributed by atoms with Gasteiger partial charge in [0.1, 0.15) is 17.5 Å². The third-order valence-corrected chi connectivity index (χ3v) is 8.16. The number of amides is 1. The maximum atomic E-state index is 14.0. The quantitative estimate of drug-likeness (QED) is 0.358. The Morgan fingerprint density at radius 1 is 1.28 bits per heavy atom. The molecule has 6 atom stereocenters. The lowest BCUT2D eigenvalue weighted by Crippen LogP contribution is -2.74. The van der Waals surface area contributed by atoms with Crippen LogP contribution in [0.25, 0.3) is 0 Å². The fourth-order valence-corrected chi connectivity index (χ4v) is 6.60. The third-order valence-electron chi connectivity index (χ3n) is 8.16. The number of aliphatic hydroxyl groups is 1. The van der Waals surface area contributed by atoms with E-state index in [9.17, 15) is 29.4 Å². The van der Waals surface area contributed by atoms with Crippen molar-refractivity contribution in [2.24, 2.45) is 29.4 Å². The fourth-order valence-electron chi connectivity index (χ4n) is 6.60.